The second-order valence-electron chi connectivity index (χ2n) is 6.94. The van der Waals surface area contributed by atoms with Crippen molar-refractivity contribution in [3.63, 3.8) is 0 Å². The van der Waals surface area contributed by atoms with Crippen LogP contribution in [0.15, 0.2) is 30.8 Å². The standard InChI is InChI=1S/C21H37P/c1-5-9-15-22(16-10-6-2,17-11-7-3)19-21-14-12-13-20(8-4)18-21/h8,12-14,18,22H,4-7,9-11,15-17,19H2,1-3H3. The molecule has 0 saturated heterocycles. The summed E-state index contributed by atoms with van der Waals surface area (Å²) in [5.41, 5.74) is 2.84. The third kappa shape index (κ3) is 6.66. The van der Waals surface area contributed by atoms with Crippen LogP contribution < -0.4 is 0 Å². The molecule has 126 valence electrons. The van der Waals surface area contributed by atoms with Crippen molar-refractivity contribution in [2.75, 3.05) is 18.5 Å². The molecule has 0 aliphatic rings. The van der Waals surface area contributed by atoms with Gasteiger partial charge in [0.1, 0.15) is 0 Å². The van der Waals surface area contributed by atoms with Crippen LogP contribution in [0.1, 0.15) is 70.4 Å². The van der Waals surface area contributed by atoms with Crippen LogP contribution in [0.5, 0.6) is 0 Å². The third-order valence-electron chi connectivity index (χ3n) is 4.95. The van der Waals surface area contributed by atoms with E-state index in [1.54, 1.807) is 5.56 Å². The summed E-state index contributed by atoms with van der Waals surface area (Å²) in [6, 6.07) is 9.10. The van der Waals surface area contributed by atoms with E-state index in [0.717, 1.165) is 0 Å². The summed E-state index contributed by atoms with van der Waals surface area (Å²) in [5.74, 6) is 0. The number of hydrogen-bond donors (Lipinski definition) is 0. The predicted octanol–water partition coefficient (Wildman–Crippen LogP) is 6.98. The molecule has 0 atom stereocenters. The van der Waals surface area contributed by atoms with Crippen LogP contribution >= 0.6 is 7.26 Å². The fraction of sp³-hybridized carbons (Fsp3) is 0.619. The van der Waals surface area contributed by atoms with E-state index in [-0.39, 0.29) is 0 Å². The van der Waals surface area contributed by atoms with Gasteiger partial charge in [0.25, 0.3) is 0 Å². The summed E-state index contributed by atoms with van der Waals surface area (Å²) in [7, 11) is -1.17. The predicted molar refractivity (Wildman–Crippen MR) is 108 cm³/mol. The zero-order chi connectivity index (χ0) is 16.3. The number of hydrogen-bond acceptors (Lipinski definition) is 0. The van der Waals surface area contributed by atoms with Gasteiger partial charge in [-0.05, 0) is 0 Å². The van der Waals surface area contributed by atoms with Crippen molar-refractivity contribution in [1.82, 2.24) is 0 Å². The van der Waals surface area contributed by atoms with Gasteiger partial charge in [-0.25, -0.2) is 0 Å². The molecule has 1 heteroatoms. The van der Waals surface area contributed by atoms with E-state index in [1.165, 1.54) is 68.7 Å². The molecule has 0 unspecified atom stereocenters. The Morgan fingerprint density at radius 3 is 1.91 bits per heavy atom. The molecule has 22 heavy (non-hydrogen) atoms. The van der Waals surface area contributed by atoms with Gasteiger partial charge in [0, 0.05) is 0 Å². The van der Waals surface area contributed by atoms with Gasteiger partial charge in [0.2, 0.25) is 0 Å². The molecule has 0 radical (unpaired) electrons. The number of unbranched alkanes of at least 4 members (excludes halogenated alkanes) is 3. The van der Waals surface area contributed by atoms with Gasteiger partial charge >= 0.3 is 139 Å². The Labute approximate surface area is 139 Å². The molecule has 0 spiro atoms. The molecule has 0 saturated carbocycles. The van der Waals surface area contributed by atoms with Gasteiger partial charge < -0.3 is 0 Å². The van der Waals surface area contributed by atoms with E-state index in [1.807, 2.05) is 6.08 Å². The van der Waals surface area contributed by atoms with Crippen molar-refractivity contribution < 1.29 is 0 Å². The second kappa shape index (κ2) is 11.0. The molecule has 0 heterocycles. The Balaban J connectivity index is 2.94. The molecule has 0 bridgehead atoms. The first-order valence-electron chi connectivity index (χ1n) is 9.41. The van der Waals surface area contributed by atoms with E-state index in [0.29, 0.717) is 0 Å². The minimum atomic E-state index is -1.17. The van der Waals surface area contributed by atoms with Gasteiger partial charge in [-0.3, -0.25) is 0 Å². The van der Waals surface area contributed by atoms with Crippen molar-refractivity contribution in [3.8, 4) is 0 Å². The first-order valence-corrected chi connectivity index (χ1v) is 12.2. The Bertz CT molecular complexity index is 400. The maximum atomic E-state index is 3.93. The van der Waals surface area contributed by atoms with Crippen LogP contribution in [0.25, 0.3) is 6.08 Å². The molecule has 0 amide bonds. The molecule has 1 aromatic rings. The number of benzene rings is 1. The van der Waals surface area contributed by atoms with Gasteiger partial charge in [-0.2, -0.15) is 0 Å². The topological polar surface area (TPSA) is 0 Å². The molecule has 0 aliphatic carbocycles. The number of rotatable bonds is 12. The van der Waals surface area contributed by atoms with Gasteiger partial charge in [0.15, 0.2) is 0 Å². The minimum absolute atomic E-state index is 1.17. The molecule has 1 rings (SSSR count). The monoisotopic (exact) mass is 320 g/mol. The summed E-state index contributed by atoms with van der Waals surface area (Å²) in [5, 5.41) is 0. The fourth-order valence-corrected chi connectivity index (χ4v) is 9.24. The SMILES string of the molecule is C=Cc1cccc(C[PH](CCCC)(CCCC)CCCC)c1. The average molecular weight is 321 g/mol. The Morgan fingerprint density at radius 2 is 1.45 bits per heavy atom. The molecule has 0 aromatic heterocycles. The van der Waals surface area contributed by atoms with Crippen molar-refractivity contribution in [1.29, 1.82) is 0 Å². The summed E-state index contributed by atoms with van der Waals surface area (Å²) in [6.45, 7) is 11.0. The van der Waals surface area contributed by atoms with Crippen molar-refractivity contribution >= 4 is 13.3 Å². The molecule has 0 aliphatic heterocycles. The maximum absolute atomic E-state index is 3.93. The van der Waals surface area contributed by atoms with E-state index in [2.05, 4.69) is 51.6 Å². The van der Waals surface area contributed by atoms with E-state index in [4.69, 9.17) is 0 Å². The first-order chi connectivity index (χ1) is 10.7. The summed E-state index contributed by atoms with van der Waals surface area (Å²) >= 11 is 0. The van der Waals surface area contributed by atoms with Crippen LogP contribution in [0.2, 0.25) is 0 Å². The molecule has 0 fully saturated rings. The summed E-state index contributed by atoms with van der Waals surface area (Å²) in [4.78, 5) is 0. The Morgan fingerprint density at radius 1 is 0.909 bits per heavy atom. The van der Waals surface area contributed by atoms with Gasteiger partial charge in [0.05, 0.1) is 0 Å². The molecule has 0 nitrogen and oxygen atoms in total. The summed E-state index contributed by atoms with van der Waals surface area (Å²) in [6.07, 6.45) is 16.3. The first kappa shape index (κ1) is 19.4. The van der Waals surface area contributed by atoms with Crippen molar-refractivity contribution in [2.24, 2.45) is 0 Å². The molecular formula is C21H37P. The van der Waals surface area contributed by atoms with Crippen molar-refractivity contribution in [3.05, 3.63) is 42.0 Å². The molecular weight excluding hydrogens is 283 g/mol. The van der Waals surface area contributed by atoms with E-state index >= 15 is 0 Å². The van der Waals surface area contributed by atoms with Gasteiger partial charge in [-0.1, -0.05) is 0 Å². The van der Waals surface area contributed by atoms with E-state index in [9.17, 15) is 0 Å². The summed E-state index contributed by atoms with van der Waals surface area (Å²) < 4.78 is 0. The van der Waals surface area contributed by atoms with Gasteiger partial charge in [-0.15, -0.1) is 0 Å². The fourth-order valence-electron chi connectivity index (χ4n) is 3.56. The zero-order valence-corrected chi connectivity index (χ0v) is 16.2. The molecule has 1 aromatic carbocycles. The third-order valence-corrected chi connectivity index (χ3v) is 10.3. The Hall–Kier alpha value is -0.610. The molecule has 0 N–H and O–H groups in total. The quantitative estimate of drug-likeness (QED) is 0.364. The van der Waals surface area contributed by atoms with Crippen LogP contribution in [0.3, 0.4) is 0 Å². The van der Waals surface area contributed by atoms with Crippen LogP contribution in [0, 0.1) is 0 Å². The van der Waals surface area contributed by atoms with Crippen LogP contribution in [-0.4, -0.2) is 18.5 Å². The second-order valence-corrected chi connectivity index (χ2v) is 11.8. The Kier molecular flexibility index (Phi) is 9.73. The normalized spacial score (nSPS) is 12.3. The van der Waals surface area contributed by atoms with Crippen LogP contribution in [0.4, 0.5) is 0 Å². The average Bonchev–Trinajstić information content (AvgIpc) is 2.56. The van der Waals surface area contributed by atoms with Crippen LogP contribution in [-0.2, 0) is 6.16 Å². The zero-order valence-electron chi connectivity index (χ0n) is 15.2. The van der Waals surface area contributed by atoms with E-state index < -0.39 is 7.26 Å². The van der Waals surface area contributed by atoms with Crippen molar-refractivity contribution in [2.45, 2.75) is 65.5 Å².